The summed E-state index contributed by atoms with van der Waals surface area (Å²) in [7, 11) is 0. The van der Waals surface area contributed by atoms with E-state index in [4.69, 9.17) is 5.73 Å². The largest absolute Gasteiger partial charge is 0.370 e. The second-order valence-corrected chi connectivity index (χ2v) is 7.22. The third-order valence-corrected chi connectivity index (χ3v) is 5.68. The van der Waals surface area contributed by atoms with Crippen LogP contribution in [0, 0.1) is 17.8 Å². The van der Waals surface area contributed by atoms with Crippen LogP contribution in [0.4, 0.5) is 11.8 Å². The Labute approximate surface area is 120 Å². The third-order valence-electron chi connectivity index (χ3n) is 5.68. The predicted molar refractivity (Wildman–Crippen MR) is 80.5 cm³/mol. The molecule has 0 saturated heterocycles. The molecule has 4 saturated carbocycles. The van der Waals surface area contributed by atoms with E-state index in [2.05, 4.69) is 28.3 Å². The highest BCUT2D eigenvalue weighted by Crippen LogP contribution is 2.60. The summed E-state index contributed by atoms with van der Waals surface area (Å²) >= 11 is 0. The molecular formula is C16H24N4. The van der Waals surface area contributed by atoms with Gasteiger partial charge in [0.2, 0.25) is 5.95 Å². The molecule has 0 spiro atoms. The van der Waals surface area contributed by atoms with E-state index in [0.29, 0.717) is 11.4 Å². The second kappa shape index (κ2) is 4.34. The summed E-state index contributed by atoms with van der Waals surface area (Å²) in [4.78, 5) is 8.94. The Balaban J connectivity index is 1.73. The minimum absolute atomic E-state index is 0.302. The lowest BCUT2D eigenvalue weighted by atomic mass is 9.49. The van der Waals surface area contributed by atoms with Crippen molar-refractivity contribution in [1.82, 2.24) is 9.97 Å². The topological polar surface area (TPSA) is 63.8 Å². The van der Waals surface area contributed by atoms with Gasteiger partial charge in [-0.05, 0) is 63.2 Å². The van der Waals surface area contributed by atoms with Crippen LogP contribution >= 0.6 is 0 Å². The van der Waals surface area contributed by atoms with Gasteiger partial charge in [-0.1, -0.05) is 0 Å². The standard InChI is InChI=1S/C16H24N4/c1-2-18-14-6-13(19-15(17)20-14)16-7-10-3-11(8-16)5-12(4-10)9-16/h6,10-12H,2-5,7-9H2,1H3,(H3,17,18,19,20). The van der Waals surface area contributed by atoms with Gasteiger partial charge >= 0.3 is 0 Å². The maximum atomic E-state index is 5.95. The molecule has 0 radical (unpaired) electrons. The molecule has 4 aliphatic rings. The zero-order chi connectivity index (χ0) is 13.7. The van der Waals surface area contributed by atoms with Gasteiger partial charge in [-0.25, -0.2) is 4.98 Å². The summed E-state index contributed by atoms with van der Waals surface area (Å²) in [5.74, 6) is 4.11. The first-order chi connectivity index (χ1) is 9.67. The molecule has 3 N–H and O–H groups in total. The Kier molecular flexibility index (Phi) is 2.69. The van der Waals surface area contributed by atoms with E-state index in [9.17, 15) is 0 Å². The van der Waals surface area contributed by atoms with Gasteiger partial charge in [-0.15, -0.1) is 0 Å². The molecule has 0 amide bonds. The summed E-state index contributed by atoms with van der Waals surface area (Å²) in [5.41, 5.74) is 7.46. The number of hydrogen-bond acceptors (Lipinski definition) is 4. The summed E-state index contributed by atoms with van der Waals surface area (Å²) in [5, 5.41) is 3.29. The summed E-state index contributed by atoms with van der Waals surface area (Å²) in [6.45, 7) is 2.96. The van der Waals surface area contributed by atoms with E-state index in [0.717, 1.165) is 30.1 Å². The molecule has 1 aromatic heterocycles. The Hall–Kier alpha value is -1.32. The van der Waals surface area contributed by atoms with Crippen molar-refractivity contribution >= 4 is 11.8 Å². The Morgan fingerprint density at radius 3 is 2.30 bits per heavy atom. The van der Waals surface area contributed by atoms with Gasteiger partial charge in [-0.3, -0.25) is 0 Å². The molecule has 5 rings (SSSR count). The smallest absolute Gasteiger partial charge is 0.222 e. The van der Waals surface area contributed by atoms with Gasteiger partial charge in [0.15, 0.2) is 0 Å². The Morgan fingerprint density at radius 1 is 1.15 bits per heavy atom. The third kappa shape index (κ3) is 1.88. The van der Waals surface area contributed by atoms with Crippen LogP contribution in [0.15, 0.2) is 6.07 Å². The molecule has 1 aromatic rings. The fraction of sp³-hybridized carbons (Fsp3) is 0.750. The van der Waals surface area contributed by atoms with Crippen molar-refractivity contribution in [2.24, 2.45) is 17.8 Å². The van der Waals surface area contributed by atoms with Crippen LogP contribution in [-0.4, -0.2) is 16.5 Å². The highest BCUT2D eigenvalue weighted by Gasteiger charge is 2.52. The van der Waals surface area contributed by atoms with Crippen molar-refractivity contribution in [3.8, 4) is 0 Å². The van der Waals surface area contributed by atoms with Crippen LogP contribution in [0.3, 0.4) is 0 Å². The minimum Gasteiger partial charge on any atom is -0.370 e. The number of hydrogen-bond donors (Lipinski definition) is 2. The van der Waals surface area contributed by atoms with Crippen molar-refractivity contribution in [1.29, 1.82) is 0 Å². The molecule has 0 aliphatic heterocycles. The summed E-state index contributed by atoms with van der Waals surface area (Å²) in [6, 6.07) is 2.16. The average Bonchev–Trinajstić information content (AvgIpc) is 2.36. The molecule has 0 atom stereocenters. The van der Waals surface area contributed by atoms with Gasteiger partial charge < -0.3 is 11.1 Å². The predicted octanol–water partition coefficient (Wildman–Crippen LogP) is 2.96. The van der Waals surface area contributed by atoms with Gasteiger partial charge in [0.05, 0.1) is 5.69 Å². The lowest BCUT2D eigenvalue weighted by Gasteiger charge is -2.56. The maximum Gasteiger partial charge on any atom is 0.222 e. The monoisotopic (exact) mass is 272 g/mol. The molecule has 0 unspecified atom stereocenters. The lowest BCUT2D eigenvalue weighted by molar-refractivity contribution is -0.00716. The molecule has 4 fully saturated rings. The van der Waals surface area contributed by atoms with Crippen LogP contribution in [0.5, 0.6) is 0 Å². The number of anilines is 2. The lowest BCUT2D eigenvalue weighted by Crippen LogP contribution is -2.49. The first kappa shape index (κ1) is 12.4. The normalized spacial score (nSPS) is 38.1. The Bertz CT molecular complexity index is 490. The summed E-state index contributed by atoms with van der Waals surface area (Å²) in [6.07, 6.45) is 8.34. The van der Waals surface area contributed by atoms with Crippen LogP contribution in [-0.2, 0) is 5.41 Å². The first-order valence-corrected chi connectivity index (χ1v) is 8.06. The van der Waals surface area contributed by atoms with Gasteiger partial charge in [0, 0.05) is 18.0 Å². The van der Waals surface area contributed by atoms with Crippen LogP contribution < -0.4 is 11.1 Å². The van der Waals surface area contributed by atoms with Crippen LogP contribution in [0.2, 0.25) is 0 Å². The fourth-order valence-electron chi connectivity index (χ4n) is 5.43. The minimum atomic E-state index is 0.302. The van der Waals surface area contributed by atoms with Crippen molar-refractivity contribution < 1.29 is 0 Å². The van der Waals surface area contributed by atoms with Gasteiger partial charge in [0.25, 0.3) is 0 Å². The highest BCUT2D eigenvalue weighted by atomic mass is 15.1. The van der Waals surface area contributed by atoms with E-state index in [1.165, 1.54) is 44.2 Å². The zero-order valence-corrected chi connectivity index (χ0v) is 12.2. The van der Waals surface area contributed by atoms with Crippen LogP contribution in [0.1, 0.15) is 51.1 Å². The van der Waals surface area contributed by atoms with Gasteiger partial charge in [-0.2, -0.15) is 4.98 Å². The quantitative estimate of drug-likeness (QED) is 0.888. The number of aromatic nitrogens is 2. The van der Waals surface area contributed by atoms with Gasteiger partial charge in [0.1, 0.15) is 5.82 Å². The number of nitrogen functional groups attached to an aromatic ring is 1. The van der Waals surface area contributed by atoms with Crippen molar-refractivity contribution in [2.75, 3.05) is 17.6 Å². The molecule has 4 heteroatoms. The molecule has 4 nitrogen and oxygen atoms in total. The average molecular weight is 272 g/mol. The van der Waals surface area contributed by atoms with Crippen molar-refractivity contribution in [3.63, 3.8) is 0 Å². The van der Waals surface area contributed by atoms with Crippen molar-refractivity contribution in [3.05, 3.63) is 11.8 Å². The molecule has 1 heterocycles. The molecule has 20 heavy (non-hydrogen) atoms. The Morgan fingerprint density at radius 2 is 1.75 bits per heavy atom. The van der Waals surface area contributed by atoms with E-state index >= 15 is 0 Å². The molecular weight excluding hydrogens is 248 g/mol. The number of nitrogens with zero attached hydrogens (tertiary/aromatic N) is 2. The zero-order valence-electron chi connectivity index (χ0n) is 12.2. The first-order valence-electron chi connectivity index (χ1n) is 8.06. The maximum absolute atomic E-state index is 5.95. The number of nitrogens with one attached hydrogen (secondary N) is 1. The highest BCUT2D eigenvalue weighted by molar-refractivity contribution is 5.43. The second-order valence-electron chi connectivity index (χ2n) is 7.22. The van der Waals surface area contributed by atoms with E-state index < -0.39 is 0 Å². The van der Waals surface area contributed by atoms with E-state index in [1.54, 1.807) is 0 Å². The molecule has 0 aromatic carbocycles. The van der Waals surface area contributed by atoms with E-state index in [-0.39, 0.29) is 0 Å². The van der Waals surface area contributed by atoms with Crippen LogP contribution in [0.25, 0.3) is 0 Å². The summed E-state index contributed by atoms with van der Waals surface area (Å²) < 4.78 is 0. The fourth-order valence-corrected chi connectivity index (χ4v) is 5.43. The molecule has 108 valence electrons. The number of rotatable bonds is 3. The molecule has 4 aliphatic carbocycles. The number of nitrogens with two attached hydrogens (primary N) is 1. The van der Waals surface area contributed by atoms with Crippen molar-refractivity contribution in [2.45, 2.75) is 50.9 Å². The molecule has 4 bridgehead atoms. The SMILES string of the molecule is CCNc1cc(C23CC4CC(CC(C4)C2)C3)nc(N)n1. The van der Waals surface area contributed by atoms with E-state index in [1.807, 2.05) is 0 Å².